The summed E-state index contributed by atoms with van der Waals surface area (Å²) in [5.41, 5.74) is 0.628. The Kier molecular flexibility index (Phi) is 4.40. The van der Waals surface area contributed by atoms with Gasteiger partial charge in [-0.15, -0.1) is 0 Å². The Hall–Kier alpha value is -2.41. The van der Waals surface area contributed by atoms with E-state index in [1.807, 2.05) is 24.3 Å². The molecule has 2 aromatic rings. The molecule has 0 N–H and O–H groups in total. The van der Waals surface area contributed by atoms with E-state index in [0.717, 1.165) is 30.1 Å². The molecule has 4 rings (SSSR count). The topological polar surface area (TPSA) is 77.7 Å². The minimum atomic E-state index is -0.159. The summed E-state index contributed by atoms with van der Waals surface area (Å²) in [6.07, 6.45) is 2.29. The summed E-state index contributed by atoms with van der Waals surface area (Å²) in [5, 5.41) is 4.16. The summed E-state index contributed by atoms with van der Waals surface area (Å²) in [6.45, 7) is 5.42. The second-order valence-electron chi connectivity index (χ2n) is 7.40. The zero-order valence-electron chi connectivity index (χ0n) is 15.1. The molecule has 0 radical (unpaired) electrons. The number of aromatic nitrogens is 2. The first-order valence-electron chi connectivity index (χ1n) is 9.00. The van der Waals surface area contributed by atoms with Gasteiger partial charge in [0.2, 0.25) is 5.89 Å². The third kappa shape index (κ3) is 3.44. The van der Waals surface area contributed by atoms with Gasteiger partial charge in [0.25, 0.3) is 5.91 Å². The zero-order valence-corrected chi connectivity index (χ0v) is 15.1. The fraction of sp³-hybridized carbons (Fsp3) is 0.526. The normalized spacial score (nSPS) is 22.0. The highest BCUT2D eigenvalue weighted by Crippen LogP contribution is 2.34. The van der Waals surface area contributed by atoms with Crippen LogP contribution in [0.1, 0.15) is 44.3 Å². The van der Waals surface area contributed by atoms with Gasteiger partial charge in [-0.2, -0.15) is 4.98 Å². The van der Waals surface area contributed by atoms with Crippen LogP contribution in [0.25, 0.3) is 0 Å². The third-order valence-electron chi connectivity index (χ3n) is 4.90. The van der Waals surface area contributed by atoms with Gasteiger partial charge in [0.05, 0.1) is 11.3 Å². The largest absolute Gasteiger partial charge is 0.482 e. The third-order valence-corrected chi connectivity index (χ3v) is 4.90. The Balaban J connectivity index is 1.43. The molecule has 2 aliphatic rings. The summed E-state index contributed by atoms with van der Waals surface area (Å²) < 4.78 is 16.6. The van der Waals surface area contributed by atoms with E-state index in [0.29, 0.717) is 25.5 Å². The fourth-order valence-electron chi connectivity index (χ4n) is 3.59. The van der Waals surface area contributed by atoms with Gasteiger partial charge in [-0.05, 0) is 38.8 Å². The Morgan fingerprint density at radius 1 is 1.31 bits per heavy atom. The van der Waals surface area contributed by atoms with E-state index >= 15 is 0 Å². The smallest absolute Gasteiger partial charge is 0.265 e. The van der Waals surface area contributed by atoms with Crippen molar-refractivity contribution in [2.45, 2.75) is 44.6 Å². The van der Waals surface area contributed by atoms with Crippen molar-refractivity contribution < 1.29 is 18.8 Å². The van der Waals surface area contributed by atoms with Gasteiger partial charge in [-0.25, -0.2) is 0 Å². The number of hydrogen-bond acceptors (Lipinski definition) is 6. The van der Waals surface area contributed by atoms with E-state index in [2.05, 4.69) is 24.0 Å². The average Bonchev–Trinajstić information content (AvgIpc) is 3.09. The molecule has 0 saturated carbocycles. The van der Waals surface area contributed by atoms with Gasteiger partial charge in [0.1, 0.15) is 5.75 Å². The molecule has 0 spiro atoms. The molecule has 3 heterocycles. The van der Waals surface area contributed by atoms with Crippen LogP contribution < -0.4 is 9.64 Å². The van der Waals surface area contributed by atoms with Crippen molar-refractivity contribution in [3.63, 3.8) is 0 Å². The zero-order chi connectivity index (χ0) is 18.1. The Labute approximate surface area is 152 Å². The lowest BCUT2D eigenvalue weighted by Crippen LogP contribution is -2.40. The molecular formula is C19H23N3O4. The second-order valence-corrected chi connectivity index (χ2v) is 7.40. The number of carbonyl (C=O) groups excluding carboxylic acids is 1. The molecule has 1 aromatic carbocycles. The Bertz CT molecular complexity index is 802. The van der Waals surface area contributed by atoms with E-state index in [-0.39, 0.29) is 24.0 Å². The Morgan fingerprint density at radius 3 is 3.00 bits per heavy atom. The van der Waals surface area contributed by atoms with Crippen LogP contribution in [-0.4, -0.2) is 41.4 Å². The van der Waals surface area contributed by atoms with E-state index in [9.17, 15) is 4.79 Å². The number of anilines is 1. The van der Waals surface area contributed by atoms with Crippen LogP contribution >= 0.6 is 0 Å². The summed E-state index contributed by atoms with van der Waals surface area (Å²) in [7, 11) is 0. The minimum Gasteiger partial charge on any atom is -0.482 e. The second kappa shape index (κ2) is 6.72. The molecule has 1 aromatic heterocycles. The van der Waals surface area contributed by atoms with Crippen molar-refractivity contribution in [1.29, 1.82) is 0 Å². The highest BCUT2D eigenvalue weighted by Gasteiger charge is 2.32. The highest BCUT2D eigenvalue weighted by molar-refractivity contribution is 5.97. The number of para-hydroxylation sites is 2. The van der Waals surface area contributed by atoms with Gasteiger partial charge in [-0.1, -0.05) is 17.3 Å². The molecule has 1 saturated heterocycles. The predicted octanol–water partition coefficient (Wildman–Crippen LogP) is 2.71. The van der Waals surface area contributed by atoms with Crippen molar-refractivity contribution in [2.24, 2.45) is 0 Å². The average molecular weight is 357 g/mol. The van der Waals surface area contributed by atoms with Crippen molar-refractivity contribution in [3.8, 4) is 5.75 Å². The van der Waals surface area contributed by atoms with E-state index < -0.39 is 0 Å². The van der Waals surface area contributed by atoms with Crippen LogP contribution in [0.4, 0.5) is 5.69 Å². The van der Waals surface area contributed by atoms with Gasteiger partial charge in [0, 0.05) is 25.5 Å². The molecule has 1 unspecified atom stereocenters. The number of ether oxygens (including phenoxy) is 2. The first-order valence-corrected chi connectivity index (χ1v) is 9.00. The van der Waals surface area contributed by atoms with Gasteiger partial charge in [-0.3, -0.25) is 4.79 Å². The van der Waals surface area contributed by atoms with E-state index in [1.54, 1.807) is 4.90 Å². The number of benzene rings is 1. The maximum atomic E-state index is 12.2. The molecule has 1 fully saturated rings. The van der Waals surface area contributed by atoms with Gasteiger partial charge in [0.15, 0.2) is 12.4 Å². The molecule has 26 heavy (non-hydrogen) atoms. The number of nitrogens with zero attached hydrogens (tertiary/aromatic N) is 3. The molecule has 0 bridgehead atoms. The van der Waals surface area contributed by atoms with Gasteiger partial charge < -0.3 is 18.9 Å². The maximum absolute atomic E-state index is 12.2. The summed E-state index contributed by atoms with van der Waals surface area (Å²) in [5.74, 6) is 2.21. The van der Waals surface area contributed by atoms with Crippen LogP contribution in [0.15, 0.2) is 28.8 Å². The summed E-state index contributed by atoms with van der Waals surface area (Å²) in [4.78, 5) is 18.5. The molecule has 2 aliphatic heterocycles. The van der Waals surface area contributed by atoms with Crippen LogP contribution in [0, 0.1) is 0 Å². The molecule has 7 nitrogen and oxygen atoms in total. The molecule has 1 amide bonds. The molecular weight excluding hydrogens is 334 g/mol. The van der Waals surface area contributed by atoms with E-state index in [4.69, 9.17) is 14.0 Å². The fourth-order valence-corrected chi connectivity index (χ4v) is 3.59. The number of amides is 1. The monoisotopic (exact) mass is 357 g/mol. The quantitative estimate of drug-likeness (QED) is 0.837. The standard InChI is InChI=1S/C19H23N3O4/c1-19(2)11-13(8-10-25-19)18-20-16(26-21-18)7-9-22-14-5-3-4-6-15(14)24-12-17(22)23/h3-6,13H,7-12H2,1-2H3. The van der Waals surface area contributed by atoms with Crippen LogP contribution in [0.5, 0.6) is 5.75 Å². The van der Waals surface area contributed by atoms with Crippen molar-refractivity contribution in [1.82, 2.24) is 10.1 Å². The van der Waals surface area contributed by atoms with E-state index in [1.165, 1.54) is 0 Å². The summed E-state index contributed by atoms with van der Waals surface area (Å²) in [6, 6.07) is 7.54. The molecule has 7 heteroatoms. The van der Waals surface area contributed by atoms with Crippen molar-refractivity contribution >= 4 is 11.6 Å². The number of rotatable bonds is 4. The minimum absolute atomic E-state index is 0.0588. The van der Waals surface area contributed by atoms with Crippen molar-refractivity contribution in [3.05, 3.63) is 36.0 Å². The Morgan fingerprint density at radius 2 is 2.15 bits per heavy atom. The maximum Gasteiger partial charge on any atom is 0.265 e. The number of hydrogen-bond donors (Lipinski definition) is 0. The van der Waals surface area contributed by atoms with Crippen LogP contribution in [0.3, 0.4) is 0 Å². The van der Waals surface area contributed by atoms with Gasteiger partial charge >= 0.3 is 0 Å². The SMILES string of the molecule is CC1(C)CC(c2noc(CCN3C(=O)COc4ccccc43)n2)CCO1. The van der Waals surface area contributed by atoms with Crippen LogP contribution in [0.2, 0.25) is 0 Å². The lowest BCUT2D eigenvalue weighted by Gasteiger charge is -2.34. The summed E-state index contributed by atoms with van der Waals surface area (Å²) >= 11 is 0. The lowest BCUT2D eigenvalue weighted by atomic mass is 9.88. The lowest BCUT2D eigenvalue weighted by molar-refractivity contribution is -0.121. The number of fused-ring (bicyclic) bond motifs is 1. The predicted molar refractivity (Wildman–Crippen MR) is 94.3 cm³/mol. The van der Waals surface area contributed by atoms with Crippen molar-refractivity contribution in [2.75, 3.05) is 24.7 Å². The number of carbonyl (C=O) groups is 1. The molecule has 1 atom stereocenters. The van der Waals surface area contributed by atoms with Crippen LogP contribution in [-0.2, 0) is 16.0 Å². The highest BCUT2D eigenvalue weighted by atomic mass is 16.5. The first-order chi connectivity index (χ1) is 12.5. The molecule has 0 aliphatic carbocycles. The molecule has 138 valence electrons. The first kappa shape index (κ1) is 17.0.